The SMILES string of the molecule is C/C(O)=C(\C(=O)OC(C)(C)C)C1=NC(=NC(=O)c2ccc(Cl)cc2Cl)c2ccccc21. The molecule has 8 heteroatoms. The number of halogens is 2. The molecule has 3 rings (SSSR count). The lowest BCUT2D eigenvalue weighted by Gasteiger charge is -2.21. The van der Waals surface area contributed by atoms with Gasteiger partial charge in [-0.15, -0.1) is 0 Å². The third kappa shape index (κ3) is 5.03. The number of allylic oxidation sites excluding steroid dienone is 1. The standard InChI is InChI=1S/C23H20Cl2N2O4/c1-12(28)18(22(30)31-23(2,3)4)19-14-7-5-6-8-15(14)20(26-19)27-21(29)16-10-9-13(24)11-17(16)25/h5-11,28H,1-4H3/b18-12+,27-20?. The van der Waals surface area contributed by atoms with Crippen LogP contribution in [0.2, 0.25) is 10.0 Å². The van der Waals surface area contributed by atoms with Crippen LogP contribution in [0.5, 0.6) is 0 Å². The molecule has 0 aromatic heterocycles. The molecular weight excluding hydrogens is 439 g/mol. The third-order valence-electron chi connectivity index (χ3n) is 4.21. The van der Waals surface area contributed by atoms with Crippen LogP contribution in [-0.4, -0.2) is 34.1 Å². The molecule has 160 valence electrons. The number of amides is 1. The maximum absolute atomic E-state index is 12.8. The summed E-state index contributed by atoms with van der Waals surface area (Å²) in [5, 5.41) is 10.8. The molecule has 1 aliphatic heterocycles. The van der Waals surface area contributed by atoms with E-state index in [9.17, 15) is 14.7 Å². The van der Waals surface area contributed by atoms with Crippen molar-refractivity contribution in [2.75, 3.05) is 0 Å². The lowest BCUT2D eigenvalue weighted by molar-refractivity contribution is -0.149. The van der Waals surface area contributed by atoms with Crippen LogP contribution in [0.1, 0.15) is 49.2 Å². The van der Waals surface area contributed by atoms with Gasteiger partial charge in [-0.05, 0) is 45.9 Å². The van der Waals surface area contributed by atoms with Crippen LogP contribution < -0.4 is 0 Å². The van der Waals surface area contributed by atoms with Crippen LogP contribution in [0.25, 0.3) is 0 Å². The van der Waals surface area contributed by atoms with Gasteiger partial charge < -0.3 is 9.84 Å². The van der Waals surface area contributed by atoms with E-state index < -0.39 is 17.5 Å². The number of carbonyl (C=O) groups is 2. The monoisotopic (exact) mass is 458 g/mol. The molecule has 0 saturated heterocycles. The van der Waals surface area contributed by atoms with Crippen molar-refractivity contribution in [3.63, 3.8) is 0 Å². The van der Waals surface area contributed by atoms with E-state index in [2.05, 4.69) is 9.98 Å². The minimum Gasteiger partial charge on any atom is -0.512 e. The summed E-state index contributed by atoms with van der Waals surface area (Å²) in [6.45, 7) is 6.54. The van der Waals surface area contributed by atoms with Crippen LogP contribution in [-0.2, 0) is 9.53 Å². The molecule has 1 amide bonds. The summed E-state index contributed by atoms with van der Waals surface area (Å²) in [4.78, 5) is 34.0. The number of aliphatic imine (C=N–C) groups is 2. The molecule has 0 fully saturated rings. The van der Waals surface area contributed by atoms with Gasteiger partial charge in [0, 0.05) is 16.1 Å². The molecule has 0 radical (unpaired) electrons. The summed E-state index contributed by atoms with van der Waals surface area (Å²) in [6, 6.07) is 11.4. The first-order valence-electron chi connectivity index (χ1n) is 9.38. The summed E-state index contributed by atoms with van der Waals surface area (Å²) in [5.74, 6) is -1.49. The fraction of sp³-hybridized carbons (Fsp3) is 0.217. The summed E-state index contributed by atoms with van der Waals surface area (Å²) in [6.07, 6.45) is 0. The number of hydrogen-bond donors (Lipinski definition) is 1. The number of rotatable bonds is 3. The quantitative estimate of drug-likeness (QED) is 0.370. The van der Waals surface area contributed by atoms with Gasteiger partial charge in [-0.25, -0.2) is 9.79 Å². The van der Waals surface area contributed by atoms with E-state index in [1.165, 1.54) is 25.1 Å². The smallest absolute Gasteiger partial charge is 0.344 e. The minimum atomic E-state index is -0.769. The lowest BCUT2D eigenvalue weighted by atomic mass is 9.99. The van der Waals surface area contributed by atoms with E-state index in [-0.39, 0.29) is 33.5 Å². The second-order valence-corrected chi connectivity index (χ2v) is 8.68. The number of carbonyl (C=O) groups excluding carboxylic acids is 2. The number of aliphatic hydroxyl groups excluding tert-OH is 1. The van der Waals surface area contributed by atoms with Gasteiger partial charge in [0.2, 0.25) is 0 Å². The van der Waals surface area contributed by atoms with Crippen molar-refractivity contribution in [2.45, 2.75) is 33.3 Å². The van der Waals surface area contributed by atoms with Crippen molar-refractivity contribution < 1.29 is 19.4 Å². The van der Waals surface area contributed by atoms with E-state index in [0.29, 0.717) is 16.1 Å². The Balaban J connectivity index is 2.09. The first-order valence-corrected chi connectivity index (χ1v) is 10.1. The zero-order valence-electron chi connectivity index (χ0n) is 17.4. The molecular formula is C23H20Cl2N2O4. The van der Waals surface area contributed by atoms with Gasteiger partial charge in [-0.1, -0.05) is 47.5 Å². The van der Waals surface area contributed by atoms with Crippen molar-refractivity contribution in [3.05, 3.63) is 80.5 Å². The highest BCUT2D eigenvalue weighted by molar-refractivity contribution is 6.38. The second-order valence-electron chi connectivity index (χ2n) is 7.83. The summed E-state index contributed by atoms with van der Waals surface area (Å²) in [7, 11) is 0. The molecule has 0 saturated carbocycles. The minimum absolute atomic E-state index is 0.0930. The molecule has 2 aromatic carbocycles. The topological polar surface area (TPSA) is 88.3 Å². The number of fused-ring (bicyclic) bond motifs is 1. The number of amidine groups is 1. The number of aliphatic hydroxyl groups is 1. The predicted octanol–water partition coefficient (Wildman–Crippen LogP) is 5.56. The van der Waals surface area contributed by atoms with E-state index >= 15 is 0 Å². The van der Waals surface area contributed by atoms with E-state index in [1.54, 1.807) is 45.0 Å². The molecule has 0 unspecified atom stereocenters. The van der Waals surface area contributed by atoms with Crippen LogP contribution in [0.15, 0.2) is 63.8 Å². The fourth-order valence-electron chi connectivity index (χ4n) is 2.95. The molecule has 31 heavy (non-hydrogen) atoms. The molecule has 0 bridgehead atoms. The maximum Gasteiger partial charge on any atom is 0.344 e. The van der Waals surface area contributed by atoms with E-state index in [1.807, 2.05) is 0 Å². The Labute approximate surface area is 189 Å². The third-order valence-corrected chi connectivity index (χ3v) is 4.76. The molecule has 0 aliphatic carbocycles. The Morgan fingerprint density at radius 3 is 2.29 bits per heavy atom. The normalized spacial score (nSPS) is 15.3. The molecule has 1 aliphatic rings. The van der Waals surface area contributed by atoms with Gasteiger partial charge >= 0.3 is 5.97 Å². The first kappa shape index (κ1) is 22.7. The second kappa shape index (κ2) is 8.65. The number of esters is 1. The van der Waals surface area contributed by atoms with Gasteiger partial charge in [0.1, 0.15) is 16.9 Å². The molecule has 6 nitrogen and oxygen atoms in total. The zero-order chi connectivity index (χ0) is 22.9. The van der Waals surface area contributed by atoms with Gasteiger partial charge in [-0.3, -0.25) is 4.79 Å². The number of hydrogen-bond acceptors (Lipinski definition) is 4. The highest BCUT2D eigenvalue weighted by Gasteiger charge is 2.32. The maximum atomic E-state index is 12.8. The Morgan fingerprint density at radius 1 is 1.06 bits per heavy atom. The van der Waals surface area contributed by atoms with Crippen LogP contribution in [0.3, 0.4) is 0 Å². The Hall–Kier alpha value is -2.96. The van der Waals surface area contributed by atoms with Crippen LogP contribution in [0.4, 0.5) is 0 Å². The number of nitrogens with zero attached hydrogens (tertiary/aromatic N) is 2. The molecule has 0 atom stereocenters. The van der Waals surface area contributed by atoms with Crippen molar-refractivity contribution in [1.29, 1.82) is 0 Å². The molecule has 0 spiro atoms. The van der Waals surface area contributed by atoms with E-state index in [4.69, 9.17) is 27.9 Å². The average molecular weight is 459 g/mol. The van der Waals surface area contributed by atoms with Gasteiger partial charge in [0.25, 0.3) is 5.91 Å². The Bertz CT molecular complexity index is 1170. The predicted molar refractivity (Wildman–Crippen MR) is 121 cm³/mol. The van der Waals surface area contributed by atoms with E-state index in [0.717, 1.165) is 0 Å². The van der Waals surface area contributed by atoms with Crippen molar-refractivity contribution in [3.8, 4) is 0 Å². The molecule has 1 N–H and O–H groups in total. The fourth-order valence-corrected chi connectivity index (χ4v) is 3.44. The van der Waals surface area contributed by atoms with Crippen molar-refractivity contribution in [1.82, 2.24) is 0 Å². The zero-order valence-corrected chi connectivity index (χ0v) is 18.9. The van der Waals surface area contributed by atoms with Crippen molar-refractivity contribution >= 4 is 46.6 Å². The van der Waals surface area contributed by atoms with Gasteiger partial charge in [0.05, 0.1) is 16.3 Å². The van der Waals surface area contributed by atoms with Crippen molar-refractivity contribution in [2.24, 2.45) is 9.98 Å². The Kier molecular flexibility index (Phi) is 6.34. The first-order chi connectivity index (χ1) is 14.5. The van der Waals surface area contributed by atoms with Gasteiger partial charge in [-0.2, -0.15) is 4.99 Å². The summed E-state index contributed by atoms with van der Waals surface area (Å²) < 4.78 is 5.43. The number of benzene rings is 2. The Morgan fingerprint density at radius 2 is 1.71 bits per heavy atom. The lowest BCUT2D eigenvalue weighted by Crippen LogP contribution is -2.28. The number of ether oxygens (including phenoxy) is 1. The highest BCUT2D eigenvalue weighted by Crippen LogP contribution is 2.28. The summed E-state index contributed by atoms with van der Waals surface area (Å²) in [5.41, 5.74) is 0.571. The highest BCUT2D eigenvalue weighted by atomic mass is 35.5. The average Bonchev–Trinajstić information content (AvgIpc) is 2.98. The summed E-state index contributed by atoms with van der Waals surface area (Å²) >= 11 is 12.0. The van der Waals surface area contributed by atoms with Gasteiger partial charge in [0.15, 0.2) is 5.84 Å². The molecule has 2 aromatic rings. The largest absolute Gasteiger partial charge is 0.512 e. The van der Waals surface area contributed by atoms with Crippen LogP contribution in [0, 0.1) is 0 Å². The van der Waals surface area contributed by atoms with Crippen LogP contribution >= 0.6 is 23.2 Å². The molecule has 1 heterocycles.